The molecule has 0 aromatic rings. The maximum atomic E-state index is 12.2. The van der Waals surface area contributed by atoms with Crippen LogP contribution >= 0.6 is 12.4 Å². The Morgan fingerprint density at radius 1 is 1.29 bits per heavy atom. The Kier molecular flexibility index (Phi) is 5.25. The lowest BCUT2D eigenvalue weighted by molar-refractivity contribution is 0.227. The molecule has 17 heavy (non-hydrogen) atoms. The molecule has 0 amide bonds. The zero-order valence-electron chi connectivity index (χ0n) is 10.3. The number of piperidine rings is 1. The lowest BCUT2D eigenvalue weighted by atomic mass is 10.00. The fourth-order valence-corrected chi connectivity index (χ4v) is 4.72. The van der Waals surface area contributed by atoms with Crippen molar-refractivity contribution in [2.75, 3.05) is 12.3 Å². The first-order chi connectivity index (χ1) is 7.50. The molecule has 1 saturated carbocycles. The molecule has 0 radical (unpaired) electrons. The van der Waals surface area contributed by atoms with Gasteiger partial charge in [0.15, 0.2) is 0 Å². The fourth-order valence-electron chi connectivity index (χ4n) is 2.48. The van der Waals surface area contributed by atoms with E-state index in [0.717, 1.165) is 32.1 Å². The second-order valence-electron chi connectivity index (χ2n) is 5.25. The fraction of sp³-hybridized carbons (Fsp3) is 1.00. The normalized spacial score (nSPS) is 28.5. The van der Waals surface area contributed by atoms with Crippen LogP contribution in [-0.4, -0.2) is 37.1 Å². The van der Waals surface area contributed by atoms with E-state index in [1.807, 2.05) is 6.92 Å². The minimum atomic E-state index is -3.06. The van der Waals surface area contributed by atoms with E-state index in [0.29, 0.717) is 18.2 Å². The van der Waals surface area contributed by atoms with Crippen LogP contribution in [-0.2, 0) is 10.0 Å². The Morgan fingerprint density at radius 2 is 1.94 bits per heavy atom. The van der Waals surface area contributed by atoms with Crippen molar-refractivity contribution < 1.29 is 8.42 Å². The topological polar surface area (TPSA) is 63.4 Å². The molecule has 2 rings (SSSR count). The van der Waals surface area contributed by atoms with E-state index in [4.69, 9.17) is 5.73 Å². The standard InChI is InChI=1S/C11H22N2O2S.ClH/c1-9(12)11-4-2-3-7-13(11)16(14,15)8-10-5-6-10;/h9-11H,2-8,12H2,1H3;1H. The van der Waals surface area contributed by atoms with Crippen LogP contribution in [0.15, 0.2) is 0 Å². The molecule has 0 bridgehead atoms. The van der Waals surface area contributed by atoms with Crippen molar-refractivity contribution in [1.82, 2.24) is 4.31 Å². The van der Waals surface area contributed by atoms with Crippen molar-refractivity contribution in [2.45, 2.75) is 51.1 Å². The third-order valence-electron chi connectivity index (χ3n) is 3.61. The molecular weight excluding hydrogens is 260 g/mol. The molecule has 2 atom stereocenters. The van der Waals surface area contributed by atoms with Crippen molar-refractivity contribution >= 4 is 22.4 Å². The molecule has 1 heterocycles. The molecule has 1 aliphatic heterocycles. The van der Waals surface area contributed by atoms with E-state index in [9.17, 15) is 8.42 Å². The van der Waals surface area contributed by atoms with Gasteiger partial charge in [0.25, 0.3) is 0 Å². The molecule has 2 unspecified atom stereocenters. The quantitative estimate of drug-likeness (QED) is 0.847. The highest BCUT2D eigenvalue weighted by Crippen LogP contribution is 2.33. The van der Waals surface area contributed by atoms with Gasteiger partial charge in [0.05, 0.1) is 5.75 Å². The molecule has 0 spiro atoms. The third kappa shape index (κ3) is 3.81. The van der Waals surface area contributed by atoms with Crippen molar-refractivity contribution in [1.29, 1.82) is 0 Å². The largest absolute Gasteiger partial charge is 0.326 e. The van der Waals surface area contributed by atoms with Gasteiger partial charge in [-0.2, -0.15) is 4.31 Å². The molecule has 4 nitrogen and oxygen atoms in total. The Labute approximate surface area is 110 Å². The van der Waals surface area contributed by atoms with Crippen LogP contribution in [0.3, 0.4) is 0 Å². The van der Waals surface area contributed by atoms with Gasteiger partial charge in [-0.05, 0) is 38.5 Å². The molecular formula is C11H23ClN2O2S. The van der Waals surface area contributed by atoms with Gasteiger partial charge in [0.2, 0.25) is 10.0 Å². The lowest BCUT2D eigenvalue weighted by Gasteiger charge is -2.37. The van der Waals surface area contributed by atoms with E-state index in [2.05, 4.69) is 0 Å². The predicted octanol–water partition coefficient (Wildman–Crippen LogP) is 1.35. The molecule has 1 aliphatic carbocycles. The van der Waals surface area contributed by atoms with Gasteiger partial charge in [-0.25, -0.2) is 8.42 Å². The number of sulfonamides is 1. The number of hydrogen-bond donors (Lipinski definition) is 1. The maximum Gasteiger partial charge on any atom is 0.214 e. The van der Waals surface area contributed by atoms with Crippen LogP contribution < -0.4 is 5.73 Å². The van der Waals surface area contributed by atoms with E-state index in [1.165, 1.54) is 0 Å². The Bertz CT molecular complexity index is 341. The van der Waals surface area contributed by atoms with Crippen molar-refractivity contribution in [2.24, 2.45) is 11.7 Å². The summed E-state index contributed by atoms with van der Waals surface area (Å²) in [6, 6.07) is -0.0354. The van der Waals surface area contributed by atoms with E-state index in [1.54, 1.807) is 4.31 Å². The van der Waals surface area contributed by atoms with E-state index >= 15 is 0 Å². The molecule has 0 aromatic carbocycles. The average Bonchev–Trinajstić information content (AvgIpc) is 3.01. The summed E-state index contributed by atoms with van der Waals surface area (Å²) in [5, 5.41) is 0. The van der Waals surface area contributed by atoms with Gasteiger partial charge in [-0.1, -0.05) is 6.42 Å². The molecule has 6 heteroatoms. The number of nitrogens with two attached hydrogens (primary N) is 1. The minimum absolute atomic E-state index is 0. The molecule has 2 N–H and O–H groups in total. The second kappa shape index (κ2) is 5.87. The molecule has 2 fully saturated rings. The summed E-state index contributed by atoms with van der Waals surface area (Å²) in [5.41, 5.74) is 5.89. The predicted molar refractivity (Wildman–Crippen MR) is 71.8 cm³/mol. The first-order valence-corrected chi connectivity index (χ1v) is 7.87. The first kappa shape index (κ1) is 15.2. The third-order valence-corrected chi connectivity index (χ3v) is 5.67. The summed E-state index contributed by atoms with van der Waals surface area (Å²) >= 11 is 0. The van der Waals surface area contributed by atoms with Crippen LogP contribution in [0.25, 0.3) is 0 Å². The number of nitrogens with zero attached hydrogens (tertiary/aromatic N) is 1. The minimum Gasteiger partial charge on any atom is -0.326 e. The SMILES string of the molecule is CC(N)C1CCCCN1S(=O)(=O)CC1CC1.Cl. The Balaban J connectivity index is 0.00000144. The first-order valence-electron chi connectivity index (χ1n) is 6.26. The summed E-state index contributed by atoms with van der Waals surface area (Å²) in [7, 11) is -3.06. The average molecular weight is 283 g/mol. The van der Waals surface area contributed by atoms with Crippen molar-refractivity contribution in [3.8, 4) is 0 Å². The second-order valence-corrected chi connectivity index (χ2v) is 7.22. The summed E-state index contributed by atoms with van der Waals surface area (Å²) in [6.07, 6.45) is 5.15. The molecule has 1 saturated heterocycles. The van der Waals surface area contributed by atoms with Crippen molar-refractivity contribution in [3.05, 3.63) is 0 Å². The molecule has 102 valence electrons. The van der Waals surface area contributed by atoms with Crippen LogP contribution in [0.2, 0.25) is 0 Å². The van der Waals surface area contributed by atoms with Crippen molar-refractivity contribution in [3.63, 3.8) is 0 Å². The van der Waals surface area contributed by atoms with E-state index < -0.39 is 10.0 Å². The summed E-state index contributed by atoms with van der Waals surface area (Å²) in [5.74, 6) is 0.761. The van der Waals surface area contributed by atoms with Crippen LogP contribution in [0, 0.1) is 5.92 Å². The summed E-state index contributed by atoms with van der Waals surface area (Å²) in [6.45, 7) is 2.58. The smallest absolute Gasteiger partial charge is 0.214 e. The highest BCUT2D eigenvalue weighted by atomic mass is 35.5. The Morgan fingerprint density at radius 3 is 2.47 bits per heavy atom. The molecule has 0 aromatic heterocycles. The highest BCUT2D eigenvalue weighted by molar-refractivity contribution is 7.89. The number of halogens is 1. The van der Waals surface area contributed by atoms with E-state index in [-0.39, 0.29) is 24.5 Å². The van der Waals surface area contributed by atoms with Gasteiger partial charge >= 0.3 is 0 Å². The van der Waals surface area contributed by atoms with Crippen LogP contribution in [0.4, 0.5) is 0 Å². The highest BCUT2D eigenvalue weighted by Gasteiger charge is 2.37. The van der Waals surface area contributed by atoms with Gasteiger partial charge in [0.1, 0.15) is 0 Å². The van der Waals surface area contributed by atoms with Crippen LogP contribution in [0.5, 0.6) is 0 Å². The van der Waals surface area contributed by atoms with Gasteiger partial charge in [-0.15, -0.1) is 12.4 Å². The van der Waals surface area contributed by atoms with Gasteiger partial charge < -0.3 is 5.73 Å². The lowest BCUT2D eigenvalue weighted by Crippen LogP contribution is -2.52. The van der Waals surface area contributed by atoms with Gasteiger partial charge in [0, 0.05) is 18.6 Å². The van der Waals surface area contributed by atoms with Crippen LogP contribution in [0.1, 0.15) is 39.0 Å². The summed E-state index contributed by atoms with van der Waals surface area (Å²) < 4.78 is 26.1. The monoisotopic (exact) mass is 282 g/mol. The zero-order chi connectivity index (χ0) is 11.8. The Hall–Kier alpha value is 0.160. The summed E-state index contributed by atoms with van der Waals surface area (Å²) in [4.78, 5) is 0. The number of hydrogen-bond acceptors (Lipinski definition) is 3. The number of rotatable bonds is 4. The molecule has 2 aliphatic rings. The zero-order valence-corrected chi connectivity index (χ0v) is 12.0. The van der Waals surface area contributed by atoms with Gasteiger partial charge in [-0.3, -0.25) is 0 Å². The maximum absolute atomic E-state index is 12.2.